The Morgan fingerprint density at radius 2 is 1.56 bits per heavy atom. The van der Waals surface area contributed by atoms with Crippen LogP contribution in [-0.4, -0.2) is 31.0 Å². The van der Waals surface area contributed by atoms with Crippen LogP contribution in [0.3, 0.4) is 0 Å². The second-order valence-electron chi connectivity index (χ2n) is 4.44. The molecule has 0 rings (SSSR count). The first-order valence-electron chi connectivity index (χ1n) is 6.77. The van der Waals surface area contributed by atoms with Crippen LogP contribution in [0.25, 0.3) is 0 Å². The number of ether oxygens (including phenoxy) is 1. The van der Waals surface area contributed by atoms with Crippen molar-refractivity contribution in [2.75, 3.05) is 19.8 Å². The second-order valence-corrected chi connectivity index (χ2v) is 4.44. The molecule has 3 N–H and O–H groups in total. The molecule has 0 aromatic heterocycles. The third-order valence-corrected chi connectivity index (χ3v) is 2.72. The minimum Gasteiger partial charge on any atom is -0.389 e. The van der Waals surface area contributed by atoms with Crippen molar-refractivity contribution >= 4 is 0 Å². The molecule has 3 nitrogen and oxygen atoms in total. The summed E-state index contributed by atoms with van der Waals surface area (Å²) in [5.74, 6) is 0. The topological polar surface area (TPSA) is 55.5 Å². The van der Waals surface area contributed by atoms with Crippen LogP contribution in [0, 0.1) is 0 Å². The Morgan fingerprint density at radius 3 is 2.12 bits per heavy atom. The fourth-order valence-corrected chi connectivity index (χ4v) is 1.63. The largest absolute Gasteiger partial charge is 0.389 e. The molecule has 0 aromatic carbocycles. The van der Waals surface area contributed by atoms with E-state index in [2.05, 4.69) is 6.92 Å². The minimum atomic E-state index is -0.492. The zero-order chi connectivity index (χ0) is 12.1. The molecule has 0 spiro atoms. The quantitative estimate of drug-likeness (QED) is 0.507. The SMILES string of the molecule is CCCCCCCCCCOC[C@@H](O)CN. The van der Waals surface area contributed by atoms with Crippen molar-refractivity contribution in [3.63, 3.8) is 0 Å². The van der Waals surface area contributed by atoms with Gasteiger partial charge < -0.3 is 15.6 Å². The lowest BCUT2D eigenvalue weighted by Crippen LogP contribution is -2.25. The van der Waals surface area contributed by atoms with Crippen molar-refractivity contribution in [1.29, 1.82) is 0 Å². The Bertz CT molecular complexity index is 131. The summed E-state index contributed by atoms with van der Waals surface area (Å²) in [5.41, 5.74) is 5.26. The lowest BCUT2D eigenvalue weighted by Gasteiger charge is -2.08. The van der Waals surface area contributed by atoms with Gasteiger partial charge in [0.2, 0.25) is 0 Å². The monoisotopic (exact) mass is 231 g/mol. The molecule has 0 radical (unpaired) electrons. The number of aliphatic hydroxyl groups is 1. The Labute approximate surface area is 100 Å². The minimum absolute atomic E-state index is 0.289. The van der Waals surface area contributed by atoms with Gasteiger partial charge in [-0.3, -0.25) is 0 Å². The van der Waals surface area contributed by atoms with Crippen molar-refractivity contribution in [3.05, 3.63) is 0 Å². The maximum atomic E-state index is 9.13. The van der Waals surface area contributed by atoms with Crippen LogP contribution in [-0.2, 0) is 4.74 Å². The second kappa shape index (κ2) is 12.9. The summed E-state index contributed by atoms with van der Waals surface area (Å²) in [7, 11) is 0. The predicted octanol–water partition coefficient (Wildman–Crippen LogP) is 2.46. The smallest absolute Gasteiger partial charge is 0.0895 e. The Balaban J connectivity index is 2.93. The molecule has 0 bridgehead atoms. The van der Waals surface area contributed by atoms with Crippen LogP contribution in [0.2, 0.25) is 0 Å². The lowest BCUT2D eigenvalue weighted by molar-refractivity contribution is 0.0396. The Hall–Kier alpha value is -0.120. The van der Waals surface area contributed by atoms with E-state index in [0.717, 1.165) is 13.0 Å². The highest BCUT2D eigenvalue weighted by molar-refractivity contribution is 4.52. The zero-order valence-corrected chi connectivity index (χ0v) is 10.8. The van der Waals surface area contributed by atoms with Gasteiger partial charge in [0.05, 0.1) is 12.7 Å². The van der Waals surface area contributed by atoms with Crippen molar-refractivity contribution < 1.29 is 9.84 Å². The van der Waals surface area contributed by atoms with Gasteiger partial charge in [-0.25, -0.2) is 0 Å². The fourth-order valence-electron chi connectivity index (χ4n) is 1.63. The van der Waals surface area contributed by atoms with Crippen LogP contribution >= 0.6 is 0 Å². The van der Waals surface area contributed by atoms with E-state index >= 15 is 0 Å². The molecule has 0 aliphatic carbocycles. The molecule has 0 unspecified atom stereocenters. The molecule has 0 aliphatic heterocycles. The van der Waals surface area contributed by atoms with Gasteiger partial charge in [-0.15, -0.1) is 0 Å². The first-order chi connectivity index (χ1) is 7.81. The van der Waals surface area contributed by atoms with E-state index in [9.17, 15) is 0 Å². The van der Waals surface area contributed by atoms with E-state index in [1.165, 1.54) is 44.9 Å². The average molecular weight is 231 g/mol. The van der Waals surface area contributed by atoms with E-state index in [1.807, 2.05) is 0 Å². The molecule has 98 valence electrons. The van der Waals surface area contributed by atoms with Crippen LogP contribution in [0.5, 0.6) is 0 Å². The van der Waals surface area contributed by atoms with Gasteiger partial charge in [-0.05, 0) is 6.42 Å². The van der Waals surface area contributed by atoms with E-state index < -0.39 is 6.10 Å². The van der Waals surface area contributed by atoms with Gasteiger partial charge >= 0.3 is 0 Å². The van der Waals surface area contributed by atoms with E-state index in [0.29, 0.717) is 6.61 Å². The molecule has 0 aliphatic rings. The standard InChI is InChI=1S/C13H29NO2/c1-2-3-4-5-6-7-8-9-10-16-12-13(15)11-14/h13,15H,2-12,14H2,1H3/t13-/m0/s1. The predicted molar refractivity (Wildman–Crippen MR) is 68.5 cm³/mol. The molecule has 0 fully saturated rings. The maximum Gasteiger partial charge on any atom is 0.0895 e. The molecular weight excluding hydrogens is 202 g/mol. The van der Waals surface area contributed by atoms with Gasteiger partial charge in [-0.1, -0.05) is 51.9 Å². The number of hydrogen-bond acceptors (Lipinski definition) is 3. The maximum absolute atomic E-state index is 9.13. The van der Waals surface area contributed by atoms with Crippen molar-refractivity contribution in [2.24, 2.45) is 5.73 Å². The first-order valence-corrected chi connectivity index (χ1v) is 6.77. The summed E-state index contributed by atoms with van der Waals surface area (Å²) in [6.07, 6.45) is 9.97. The van der Waals surface area contributed by atoms with Crippen LogP contribution < -0.4 is 5.73 Å². The Kier molecular flexibility index (Phi) is 12.9. The average Bonchev–Trinajstić information content (AvgIpc) is 2.31. The number of unbranched alkanes of at least 4 members (excludes halogenated alkanes) is 7. The summed E-state index contributed by atoms with van der Waals surface area (Å²) in [5, 5.41) is 9.13. The van der Waals surface area contributed by atoms with Crippen molar-refractivity contribution in [3.8, 4) is 0 Å². The summed E-state index contributed by atoms with van der Waals surface area (Å²) < 4.78 is 5.30. The fraction of sp³-hybridized carbons (Fsp3) is 1.00. The van der Waals surface area contributed by atoms with Crippen molar-refractivity contribution in [1.82, 2.24) is 0 Å². The van der Waals surface area contributed by atoms with E-state index in [-0.39, 0.29) is 6.54 Å². The number of rotatable bonds is 12. The van der Waals surface area contributed by atoms with Gasteiger partial charge in [0.25, 0.3) is 0 Å². The summed E-state index contributed by atoms with van der Waals surface area (Å²) in [6, 6.07) is 0. The lowest BCUT2D eigenvalue weighted by atomic mass is 10.1. The molecule has 0 amide bonds. The molecular formula is C13H29NO2. The molecule has 3 heteroatoms. The highest BCUT2D eigenvalue weighted by atomic mass is 16.5. The molecule has 1 atom stereocenters. The molecule has 16 heavy (non-hydrogen) atoms. The van der Waals surface area contributed by atoms with Crippen LogP contribution in [0.15, 0.2) is 0 Å². The van der Waals surface area contributed by atoms with E-state index in [1.54, 1.807) is 0 Å². The zero-order valence-electron chi connectivity index (χ0n) is 10.8. The third-order valence-electron chi connectivity index (χ3n) is 2.72. The van der Waals surface area contributed by atoms with Gasteiger partial charge in [-0.2, -0.15) is 0 Å². The molecule has 0 aromatic rings. The van der Waals surface area contributed by atoms with Gasteiger partial charge in [0.15, 0.2) is 0 Å². The molecule has 0 saturated heterocycles. The first kappa shape index (κ1) is 15.9. The number of hydrogen-bond donors (Lipinski definition) is 2. The number of aliphatic hydroxyl groups excluding tert-OH is 1. The normalized spacial score (nSPS) is 12.9. The van der Waals surface area contributed by atoms with Crippen molar-refractivity contribution in [2.45, 2.75) is 64.4 Å². The summed E-state index contributed by atoms with van der Waals surface area (Å²) in [4.78, 5) is 0. The van der Waals surface area contributed by atoms with Gasteiger partial charge in [0, 0.05) is 13.2 Å². The highest BCUT2D eigenvalue weighted by Gasteiger charge is 1.99. The van der Waals surface area contributed by atoms with E-state index in [4.69, 9.17) is 15.6 Å². The van der Waals surface area contributed by atoms with Crippen LogP contribution in [0.1, 0.15) is 58.3 Å². The van der Waals surface area contributed by atoms with Gasteiger partial charge in [0.1, 0.15) is 0 Å². The number of nitrogens with two attached hydrogens (primary N) is 1. The van der Waals surface area contributed by atoms with Crippen LogP contribution in [0.4, 0.5) is 0 Å². The summed E-state index contributed by atoms with van der Waals surface area (Å²) in [6.45, 7) is 3.67. The summed E-state index contributed by atoms with van der Waals surface area (Å²) >= 11 is 0. The molecule has 0 heterocycles. The highest BCUT2D eigenvalue weighted by Crippen LogP contribution is 2.08. The Morgan fingerprint density at radius 1 is 1.00 bits per heavy atom. The molecule has 0 saturated carbocycles. The third kappa shape index (κ3) is 12.0.